The molecule has 0 atom stereocenters. The molecule has 38 heavy (non-hydrogen) atoms. The maximum atomic E-state index is 13.6. The zero-order valence-electron chi connectivity index (χ0n) is 20.6. The molecule has 0 saturated carbocycles. The minimum absolute atomic E-state index is 0.0713. The number of phosphoric ester groups is 1. The van der Waals surface area contributed by atoms with Crippen LogP contribution >= 0.6 is 7.82 Å². The highest BCUT2D eigenvalue weighted by Crippen LogP contribution is 2.52. The number of hydrogen-bond donors (Lipinski definition) is 3. The van der Waals surface area contributed by atoms with Gasteiger partial charge in [0.25, 0.3) is 0 Å². The summed E-state index contributed by atoms with van der Waals surface area (Å²) in [6, 6.07) is 0. The molecule has 13 nitrogen and oxygen atoms in total. The molecule has 3 aromatic heterocycles. The highest BCUT2D eigenvalue weighted by Gasteiger charge is 2.30. The van der Waals surface area contributed by atoms with E-state index in [1.165, 1.54) is 39.4 Å². The van der Waals surface area contributed by atoms with Crippen molar-refractivity contribution in [3.05, 3.63) is 69.1 Å². The van der Waals surface area contributed by atoms with E-state index in [0.29, 0.717) is 18.9 Å². The van der Waals surface area contributed by atoms with Gasteiger partial charge in [0.1, 0.15) is 17.2 Å². The van der Waals surface area contributed by atoms with Crippen molar-refractivity contribution < 1.29 is 47.8 Å². The summed E-state index contributed by atoms with van der Waals surface area (Å²) in [6.07, 6.45) is 4.85. The smallest absolute Gasteiger partial charge is 0.475 e. The predicted molar refractivity (Wildman–Crippen MR) is 130 cm³/mol. The van der Waals surface area contributed by atoms with Gasteiger partial charge in [-0.15, -0.1) is 0 Å². The standard InChI is InChI=1S/C24H24N3O10P/c1-13-22(31)19(7-28)16(4-25-13)10-35-38(34,36-11-17-5-26-14(2)23(32)20(17)8-29)37-12-18-6-27-15(3)24(33)21(18)9-30/h4-9,31-33H,10-12H2,1-3H3. The summed E-state index contributed by atoms with van der Waals surface area (Å²) in [4.78, 5) is 46.4. The molecule has 0 amide bonds. The number of nitrogens with zero attached hydrogens (tertiary/aromatic N) is 3. The molecule has 3 N–H and O–H groups in total. The minimum atomic E-state index is -4.56. The lowest BCUT2D eigenvalue weighted by molar-refractivity contribution is 0.0948. The molecule has 0 aliphatic heterocycles. The molecule has 0 radical (unpaired) electrons. The Kier molecular flexibility index (Phi) is 9.02. The van der Waals surface area contributed by atoms with E-state index in [-0.39, 0.29) is 67.7 Å². The first-order chi connectivity index (χ1) is 18.0. The average Bonchev–Trinajstić information content (AvgIpc) is 2.90. The summed E-state index contributed by atoms with van der Waals surface area (Å²) < 4.78 is 29.8. The number of aryl methyl sites for hydroxylation is 3. The van der Waals surface area contributed by atoms with Crippen molar-refractivity contribution in [1.29, 1.82) is 0 Å². The first kappa shape index (κ1) is 28.5. The molecule has 0 spiro atoms. The van der Waals surface area contributed by atoms with Gasteiger partial charge in [0, 0.05) is 35.3 Å². The number of carbonyl (C=O) groups is 3. The molecule has 14 heteroatoms. The van der Waals surface area contributed by atoms with E-state index in [1.54, 1.807) is 0 Å². The molecular weight excluding hydrogens is 521 g/mol. The first-order valence-corrected chi connectivity index (χ1v) is 12.4. The van der Waals surface area contributed by atoms with Gasteiger partial charge < -0.3 is 15.3 Å². The molecular formula is C24H24N3O10P. The molecule has 0 saturated heterocycles. The van der Waals surface area contributed by atoms with Crippen LogP contribution in [0.25, 0.3) is 0 Å². The van der Waals surface area contributed by atoms with Crippen molar-refractivity contribution >= 4 is 26.7 Å². The second kappa shape index (κ2) is 12.0. The van der Waals surface area contributed by atoms with E-state index in [1.807, 2.05) is 0 Å². The SMILES string of the molecule is Cc1ncc(COP(=O)(OCc2cnc(C)c(O)c2C=O)OCc2cnc(C)c(O)c2C=O)c(C=O)c1O. The van der Waals surface area contributed by atoms with E-state index in [9.17, 15) is 34.3 Å². The van der Waals surface area contributed by atoms with Crippen LogP contribution in [-0.4, -0.2) is 49.1 Å². The van der Waals surface area contributed by atoms with Gasteiger partial charge in [-0.1, -0.05) is 0 Å². The van der Waals surface area contributed by atoms with Crippen LogP contribution in [0.1, 0.15) is 64.8 Å². The molecule has 3 rings (SSSR count). The molecule has 0 fully saturated rings. The van der Waals surface area contributed by atoms with Gasteiger partial charge in [0.2, 0.25) is 0 Å². The third kappa shape index (κ3) is 6.09. The summed E-state index contributed by atoms with van der Waals surface area (Å²) in [5, 5.41) is 30.3. The van der Waals surface area contributed by atoms with Gasteiger partial charge in [0.05, 0.1) is 53.6 Å². The lowest BCUT2D eigenvalue weighted by Crippen LogP contribution is -2.07. The maximum Gasteiger partial charge on any atom is 0.475 e. The van der Waals surface area contributed by atoms with Crippen LogP contribution in [0.3, 0.4) is 0 Å². The highest BCUT2D eigenvalue weighted by atomic mass is 31.2. The number of pyridine rings is 3. The molecule has 0 aromatic carbocycles. The van der Waals surface area contributed by atoms with Gasteiger partial charge in [-0.25, -0.2) is 4.57 Å². The van der Waals surface area contributed by atoms with E-state index < -0.39 is 27.6 Å². The Morgan fingerprint density at radius 2 is 0.895 bits per heavy atom. The topological polar surface area (TPSA) is 195 Å². The number of carbonyl (C=O) groups excluding carboxylic acids is 3. The molecule has 0 aliphatic carbocycles. The monoisotopic (exact) mass is 545 g/mol. The lowest BCUT2D eigenvalue weighted by atomic mass is 10.1. The summed E-state index contributed by atoms with van der Waals surface area (Å²) in [5.74, 6) is -1.15. The molecule has 0 bridgehead atoms. The Bertz CT molecular complexity index is 1270. The van der Waals surface area contributed by atoms with Crippen LogP contribution in [0, 0.1) is 20.8 Å². The largest absolute Gasteiger partial charge is 0.505 e. The number of rotatable bonds is 12. The molecule has 3 heterocycles. The van der Waals surface area contributed by atoms with Gasteiger partial charge in [0.15, 0.2) is 18.9 Å². The van der Waals surface area contributed by atoms with Gasteiger partial charge in [-0.2, -0.15) is 0 Å². The fourth-order valence-electron chi connectivity index (χ4n) is 3.25. The van der Waals surface area contributed by atoms with E-state index in [4.69, 9.17) is 13.6 Å². The molecule has 200 valence electrons. The Labute approximate surface area is 216 Å². The summed E-state index contributed by atoms with van der Waals surface area (Å²) >= 11 is 0. The van der Waals surface area contributed by atoms with Crippen molar-refractivity contribution in [3.63, 3.8) is 0 Å². The van der Waals surface area contributed by atoms with Crippen LogP contribution < -0.4 is 0 Å². The van der Waals surface area contributed by atoms with Crippen LogP contribution in [0.5, 0.6) is 17.2 Å². The number of hydrogen-bond acceptors (Lipinski definition) is 13. The van der Waals surface area contributed by atoms with Crippen LogP contribution in [0.15, 0.2) is 18.6 Å². The molecule has 0 aliphatic rings. The van der Waals surface area contributed by atoms with Crippen LogP contribution in [-0.2, 0) is 38.0 Å². The second-order valence-corrected chi connectivity index (χ2v) is 9.68. The van der Waals surface area contributed by atoms with Crippen molar-refractivity contribution in [2.45, 2.75) is 40.6 Å². The fourth-order valence-corrected chi connectivity index (χ4v) is 4.37. The third-order valence-electron chi connectivity index (χ3n) is 5.56. The Morgan fingerprint density at radius 3 is 1.13 bits per heavy atom. The van der Waals surface area contributed by atoms with Crippen molar-refractivity contribution in [1.82, 2.24) is 15.0 Å². The van der Waals surface area contributed by atoms with Crippen molar-refractivity contribution in [2.75, 3.05) is 0 Å². The minimum Gasteiger partial charge on any atom is -0.505 e. The van der Waals surface area contributed by atoms with E-state index >= 15 is 0 Å². The maximum absolute atomic E-state index is 13.6. The van der Waals surface area contributed by atoms with Crippen molar-refractivity contribution in [2.24, 2.45) is 0 Å². The molecule has 3 aromatic rings. The summed E-state index contributed by atoms with van der Waals surface area (Å²) in [7, 11) is -4.56. The van der Waals surface area contributed by atoms with E-state index in [0.717, 1.165) is 0 Å². The Morgan fingerprint density at radius 1 is 0.632 bits per heavy atom. The van der Waals surface area contributed by atoms with Gasteiger partial charge in [-0.05, 0) is 20.8 Å². The Hall–Kier alpha value is -4.03. The zero-order valence-corrected chi connectivity index (χ0v) is 21.5. The predicted octanol–water partition coefficient (Wildman–Crippen LogP) is 3.41. The summed E-state index contributed by atoms with van der Waals surface area (Å²) in [5.41, 5.74) is 0.349. The zero-order chi connectivity index (χ0) is 28.0. The van der Waals surface area contributed by atoms with Gasteiger partial charge >= 0.3 is 7.82 Å². The summed E-state index contributed by atoms with van der Waals surface area (Å²) in [6.45, 7) is 2.78. The molecule has 0 unspecified atom stereocenters. The first-order valence-electron chi connectivity index (χ1n) is 11.0. The quantitative estimate of drug-likeness (QED) is 0.221. The second-order valence-electron chi connectivity index (χ2n) is 8.01. The average molecular weight is 545 g/mol. The highest BCUT2D eigenvalue weighted by molar-refractivity contribution is 7.48. The van der Waals surface area contributed by atoms with Crippen molar-refractivity contribution in [3.8, 4) is 17.2 Å². The number of aromatic nitrogens is 3. The van der Waals surface area contributed by atoms with Gasteiger partial charge in [-0.3, -0.25) is 42.9 Å². The van der Waals surface area contributed by atoms with E-state index in [2.05, 4.69) is 15.0 Å². The van der Waals surface area contributed by atoms with Crippen LogP contribution in [0.2, 0.25) is 0 Å². The normalized spacial score (nSPS) is 11.3. The Balaban J connectivity index is 1.92. The fraction of sp³-hybridized carbons (Fsp3) is 0.250. The lowest BCUT2D eigenvalue weighted by Gasteiger charge is -2.20. The number of aldehydes is 3. The third-order valence-corrected chi connectivity index (χ3v) is 6.90. The number of phosphoric acid groups is 1. The number of aromatic hydroxyl groups is 3. The van der Waals surface area contributed by atoms with Crippen LogP contribution in [0.4, 0.5) is 0 Å².